The van der Waals surface area contributed by atoms with E-state index in [0.717, 1.165) is 0 Å². The fourth-order valence-electron chi connectivity index (χ4n) is 1.65. The Morgan fingerprint density at radius 1 is 1.45 bits per heavy atom. The van der Waals surface area contributed by atoms with Gasteiger partial charge in [-0.3, -0.25) is 9.48 Å². The number of aryl methyl sites for hydroxylation is 1. The lowest BCUT2D eigenvalue weighted by Gasteiger charge is -2.13. The summed E-state index contributed by atoms with van der Waals surface area (Å²) in [6, 6.07) is -0.987. The molecule has 0 saturated heterocycles. The number of carbonyl (C=O) groups excluding carboxylic acids is 1. The van der Waals surface area contributed by atoms with E-state index in [-0.39, 0.29) is 18.7 Å². The number of aliphatic carboxylic acids is 1. The molecule has 9 nitrogen and oxygen atoms in total. The van der Waals surface area contributed by atoms with Gasteiger partial charge in [0.25, 0.3) is 0 Å². The molecule has 2 aromatic heterocycles. The van der Waals surface area contributed by atoms with E-state index in [4.69, 9.17) is 5.11 Å². The summed E-state index contributed by atoms with van der Waals surface area (Å²) in [5, 5.41) is 15.4. The van der Waals surface area contributed by atoms with Gasteiger partial charge in [-0.05, 0) is 0 Å². The number of nitrogens with one attached hydrogen (secondary N) is 2. The highest BCUT2D eigenvalue weighted by molar-refractivity contribution is 5.83. The average molecular weight is 278 g/mol. The normalized spacial score (nSPS) is 12.0. The number of amides is 1. The van der Waals surface area contributed by atoms with E-state index in [1.165, 1.54) is 29.9 Å². The largest absolute Gasteiger partial charge is 0.480 e. The SMILES string of the molecule is O=C(CCn1cncn1)N[C@H](Cc1cnc[nH]1)C(=O)O. The molecule has 0 aliphatic heterocycles. The van der Waals surface area contributed by atoms with Crippen molar-refractivity contribution in [2.75, 3.05) is 0 Å². The second-order valence-corrected chi connectivity index (χ2v) is 4.15. The monoisotopic (exact) mass is 278 g/mol. The van der Waals surface area contributed by atoms with E-state index in [9.17, 15) is 9.59 Å². The standard InChI is InChI=1S/C11H14N6O3/c18-10(1-2-17-7-13-6-15-17)16-9(11(19)20)3-8-4-12-5-14-8/h4-7,9H,1-3H2,(H,12,14)(H,16,18)(H,19,20)/t9-/m1/s1. The number of carbonyl (C=O) groups is 2. The van der Waals surface area contributed by atoms with Crippen LogP contribution in [-0.4, -0.2) is 47.8 Å². The van der Waals surface area contributed by atoms with Crippen LogP contribution >= 0.6 is 0 Å². The van der Waals surface area contributed by atoms with Crippen LogP contribution in [0.1, 0.15) is 12.1 Å². The molecule has 2 aromatic rings. The van der Waals surface area contributed by atoms with Gasteiger partial charge in [-0.1, -0.05) is 0 Å². The Morgan fingerprint density at radius 2 is 2.30 bits per heavy atom. The minimum atomic E-state index is -1.09. The van der Waals surface area contributed by atoms with Crippen LogP contribution < -0.4 is 5.32 Å². The highest BCUT2D eigenvalue weighted by Crippen LogP contribution is 2.00. The number of H-pyrrole nitrogens is 1. The van der Waals surface area contributed by atoms with Gasteiger partial charge < -0.3 is 15.4 Å². The molecule has 106 valence electrons. The Kier molecular flexibility index (Phi) is 4.43. The van der Waals surface area contributed by atoms with Crippen molar-refractivity contribution in [1.82, 2.24) is 30.0 Å². The highest BCUT2D eigenvalue weighted by Gasteiger charge is 2.20. The van der Waals surface area contributed by atoms with Crippen molar-refractivity contribution in [1.29, 1.82) is 0 Å². The zero-order chi connectivity index (χ0) is 14.4. The second kappa shape index (κ2) is 6.45. The maximum Gasteiger partial charge on any atom is 0.326 e. The Balaban J connectivity index is 1.84. The van der Waals surface area contributed by atoms with E-state index in [0.29, 0.717) is 12.2 Å². The number of hydrogen-bond acceptors (Lipinski definition) is 5. The number of imidazole rings is 1. The van der Waals surface area contributed by atoms with Crippen molar-refractivity contribution in [2.24, 2.45) is 0 Å². The molecule has 2 rings (SSSR count). The van der Waals surface area contributed by atoms with Crippen LogP contribution in [0.3, 0.4) is 0 Å². The first kappa shape index (κ1) is 13.7. The molecule has 9 heteroatoms. The fraction of sp³-hybridized carbons (Fsp3) is 0.364. The lowest BCUT2D eigenvalue weighted by Crippen LogP contribution is -2.42. The summed E-state index contributed by atoms with van der Waals surface area (Å²) in [4.78, 5) is 33.2. The van der Waals surface area contributed by atoms with Gasteiger partial charge in [-0.2, -0.15) is 5.10 Å². The molecule has 1 amide bonds. The van der Waals surface area contributed by atoms with Crippen LogP contribution in [0.2, 0.25) is 0 Å². The van der Waals surface area contributed by atoms with Crippen LogP contribution in [0.15, 0.2) is 25.2 Å². The summed E-state index contributed by atoms with van der Waals surface area (Å²) in [6.07, 6.45) is 6.14. The molecule has 0 bridgehead atoms. The third kappa shape index (κ3) is 3.90. The molecule has 0 unspecified atom stereocenters. The van der Waals surface area contributed by atoms with Crippen LogP contribution in [0.25, 0.3) is 0 Å². The highest BCUT2D eigenvalue weighted by atomic mass is 16.4. The predicted octanol–water partition coefficient (Wildman–Crippen LogP) is -0.797. The molecular formula is C11H14N6O3. The lowest BCUT2D eigenvalue weighted by atomic mass is 10.1. The molecule has 0 fully saturated rings. The molecule has 0 saturated carbocycles. The van der Waals surface area contributed by atoms with E-state index >= 15 is 0 Å². The Labute approximate surface area is 114 Å². The Morgan fingerprint density at radius 3 is 2.90 bits per heavy atom. The Hall–Kier alpha value is -2.71. The quantitative estimate of drug-likeness (QED) is 0.609. The number of nitrogens with zero attached hydrogens (tertiary/aromatic N) is 4. The minimum Gasteiger partial charge on any atom is -0.480 e. The smallest absolute Gasteiger partial charge is 0.326 e. The van der Waals surface area contributed by atoms with Gasteiger partial charge in [0.2, 0.25) is 5.91 Å². The number of rotatable bonds is 7. The van der Waals surface area contributed by atoms with Crippen LogP contribution in [0.4, 0.5) is 0 Å². The van der Waals surface area contributed by atoms with Crippen LogP contribution in [0, 0.1) is 0 Å². The fourth-order valence-corrected chi connectivity index (χ4v) is 1.65. The van der Waals surface area contributed by atoms with Crippen LogP contribution in [0.5, 0.6) is 0 Å². The average Bonchev–Trinajstić information content (AvgIpc) is 3.08. The van der Waals surface area contributed by atoms with Crippen molar-refractivity contribution in [2.45, 2.75) is 25.4 Å². The molecular weight excluding hydrogens is 264 g/mol. The van der Waals surface area contributed by atoms with Gasteiger partial charge in [-0.15, -0.1) is 0 Å². The lowest BCUT2D eigenvalue weighted by molar-refractivity contribution is -0.141. The number of hydrogen-bond donors (Lipinski definition) is 3. The summed E-state index contributed by atoms with van der Waals surface area (Å²) in [5.41, 5.74) is 0.647. The summed E-state index contributed by atoms with van der Waals surface area (Å²) >= 11 is 0. The first-order valence-electron chi connectivity index (χ1n) is 5.97. The number of carboxylic acid groups (broad SMARTS) is 1. The van der Waals surface area contributed by atoms with E-state index in [2.05, 4.69) is 25.4 Å². The maximum absolute atomic E-state index is 11.7. The van der Waals surface area contributed by atoms with E-state index < -0.39 is 12.0 Å². The van der Waals surface area contributed by atoms with Gasteiger partial charge in [-0.25, -0.2) is 14.8 Å². The third-order valence-corrected chi connectivity index (χ3v) is 2.65. The summed E-state index contributed by atoms with van der Waals surface area (Å²) in [6.45, 7) is 0.349. The molecule has 0 spiro atoms. The van der Waals surface area contributed by atoms with Crippen LogP contribution in [-0.2, 0) is 22.6 Å². The summed E-state index contributed by atoms with van der Waals surface area (Å²) < 4.78 is 1.50. The molecule has 1 atom stereocenters. The van der Waals surface area contributed by atoms with Crippen molar-refractivity contribution >= 4 is 11.9 Å². The summed E-state index contributed by atoms with van der Waals surface area (Å²) in [7, 11) is 0. The van der Waals surface area contributed by atoms with Gasteiger partial charge >= 0.3 is 5.97 Å². The third-order valence-electron chi connectivity index (χ3n) is 2.65. The van der Waals surface area contributed by atoms with Gasteiger partial charge in [0.1, 0.15) is 18.7 Å². The topological polar surface area (TPSA) is 126 Å². The maximum atomic E-state index is 11.7. The van der Waals surface area contributed by atoms with Gasteiger partial charge in [0.05, 0.1) is 12.9 Å². The minimum absolute atomic E-state index is 0.135. The van der Waals surface area contributed by atoms with E-state index in [1.807, 2.05) is 0 Å². The number of aromatic nitrogens is 5. The zero-order valence-corrected chi connectivity index (χ0v) is 10.6. The first-order valence-corrected chi connectivity index (χ1v) is 5.97. The predicted molar refractivity (Wildman–Crippen MR) is 66.5 cm³/mol. The second-order valence-electron chi connectivity index (χ2n) is 4.15. The molecule has 0 aliphatic rings. The van der Waals surface area contributed by atoms with Gasteiger partial charge in [0, 0.05) is 24.7 Å². The van der Waals surface area contributed by atoms with Crippen molar-refractivity contribution in [3.05, 3.63) is 30.9 Å². The van der Waals surface area contributed by atoms with Gasteiger partial charge in [0.15, 0.2) is 0 Å². The van der Waals surface area contributed by atoms with E-state index in [1.54, 1.807) is 0 Å². The molecule has 0 radical (unpaired) electrons. The molecule has 0 aliphatic carbocycles. The van der Waals surface area contributed by atoms with Crippen molar-refractivity contribution in [3.63, 3.8) is 0 Å². The number of aromatic amines is 1. The molecule has 20 heavy (non-hydrogen) atoms. The first-order chi connectivity index (χ1) is 9.65. The van der Waals surface area contributed by atoms with Crippen molar-refractivity contribution < 1.29 is 14.7 Å². The number of carboxylic acids is 1. The molecule has 3 N–H and O–H groups in total. The molecule has 2 heterocycles. The van der Waals surface area contributed by atoms with Crippen molar-refractivity contribution in [3.8, 4) is 0 Å². The zero-order valence-electron chi connectivity index (χ0n) is 10.6. The molecule has 0 aromatic carbocycles. The Bertz CT molecular complexity index is 551. The summed E-state index contributed by atoms with van der Waals surface area (Å²) in [5.74, 6) is -1.44.